The molecule has 0 aliphatic rings. The van der Waals surface area contributed by atoms with Crippen LogP contribution in [0.15, 0.2) is 26.8 Å². The Balaban J connectivity index is 2.38. The first-order valence-electron chi connectivity index (χ1n) is 4.84. The molecule has 0 bridgehead atoms. The van der Waals surface area contributed by atoms with E-state index >= 15 is 0 Å². The summed E-state index contributed by atoms with van der Waals surface area (Å²) in [5, 5.41) is 2.01. The third-order valence-corrected chi connectivity index (χ3v) is 3.96. The van der Waals surface area contributed by atoms with E-state index in [9.17, 15) is 4.79 Å². The molecule has 0 aromatic carbocycles. The molecule has 16 heavy (non-hydrogen) atoms. The van der Waals surface area contributed by atoms with E-state index in [1.807, 2.05) is 31.4 Å². The number of thiophene rings is 1. The molecule has 2 rings (SSSR count). The first-order valence-corrected chi connectivity index (χ1v) is 6.51. The minimum Gasteiger partial charge on any atom is -0.291 e. The summed E-state index contributed by atoms with van der Waals surface area (Å²) in [5.74, 6) is 0. The summed E-state index contributed by atoms with van der Waals surface area (Å²) in [5.41, 5.74) is 1.54. The Kier molecular flexibility index (Phi) is 3.25. The number of hydrogen-bond acceptors (Lipinski definition) is 3. The monoisotopic (exact) mass is 298 g/mol. The van der Waals surface area contributed by atoms with Gasteiger partial charge in [0.05, 0.1) is 6.54 Å². The van der Waals surface area contributed by atoms with E-state index in [1.54, 1.807) is 15.9 Å². The molecule has 3 nitrogen and oxygen atoms in total. The van der Waals surface area contributed by atoms with E-state index in [0.717, 1.165) is 20.7 Å². The second kappa shape index (κ2) is 4.51. The molecular weight excluding hydrogens is 288 g/mol. The highest BCUT2D eigenvalue weighted by atomic mass is 79.9. The van der Waals surface area contributed by atoms with Crippen LogP contribution in [0.3, 0.4) is 0 Å². The van der Waals surface area contributed by atoms with Gasteiger partial charge in [0.1, 0.15) is 0 Å². The Bertz CT molecular complexity index is 574. The smallest absolute Gasteiger partial charge is 0.291 e. The Morgan fingerprint density at radius 2 is 2.19 bits per heavy atom. The fourth-order valence-electron chi connectivity index (χ4n) is 1.56. The van der Waals surface area contributed by atoms with E-state index in [4.69, 9.17) is 0 Å². The summed E-state index contributed by atoms with van der Waals surface area (Å²) in [6.07, 6.45) is 0. The molecule has 0 spiro atoms. The van der Waals surface area contributed by atoms with Gasteiger partial charge in [-0.15, -0.1) is 11.3 Å². The van der Waals surface area contributed by atoms with E-state index in [1.165, 1.54) is 0 Å². The standard InChI is InChI=1S/C11H11BrN2OS/c1-7-3-8(2)14(11(15)13-7)5-10-4-9(12)6-16-10/h3-4,6H,5H2,1-2H3. The molecule has 84 valence electrons. The topological polar surface area (TPSA) is 34.9 Å². The third kappa shape index (κ3) is 2.41. The zero-order valence-corrected chi connectivity index (χ0v) is 11.4. The summed E-state index contributed by atoms with van der Waals surface area (Å²) in [6, 6.07) is 3.94. The lowest BCUT2D eigenvalue weighted by Crippen LogP contribution is -2.25. The van der Waals surface area contributed by atoms with Crippen LogP contribution in [0.2, 0.25) is 0 Å². The summed E-state index contributed by atoms with van der Waals surface area (Å²) in [7, 11) is 0. The van der Waals surface area contributed by atoms with Gasteiger partial charge in [-0.25, -0.2) is 4.79 Å². The van der Waals surface area contributed by atoms with Gasteiger partial charge in [0.2, 0.25) is 0 Å². The Morgan fingerprint density at radius 3 is 2.75 bits per heavy atom. The summed E-state index contributed by atoms with van der Waals surface area (Å²) in [6.45, 7) is 4.35. The largest absolute Gasteiger partial charge is 0.348 e. The summed E-state index contributed by atoms with van der Waals surface area (Å²) in [4.78, 5) is 16.8. The zero-order valence-electron chi connectivity index (χ0n) is 9.03. The molecule has 0 radical (unpaired) electrons. The van der Waals surface area contributed by atoms with Gasteiger partial charge in [0.25, 0.3) is 0 Å². The maximum Gasteiger partial charge on any atom is 0.348 e. The highest BCUT2D eigenvalue weighted by molar-refractivity contribution is 9.10. The van der Waals surface area contributed by atoms with Crippen molar-refractivity contribution in [3.8, 4) is 0 Å². The van der Waals surface area contributed by atoms with Crippen molar-refractivity contribution in [1.29, 1.82) is 0 Å². The Hall–Kier alpha value is -0.940. The van der Waals surface area contributed by atoms with Crippen LogP contribution in [0.4, 0.5) is 0 Å². The second-order valence-electron chi connectivity index (χ2n) is 3.64. The average Bonchev–Trinajstić information content (AvgIpc) is 2.58. The van der Waals surface area contributed by atoms with Crippen LogP contribution in [0.25, 0.3) is 0 Å². The van der Waals surface area contributed by atoms with Crippen molar-refractivity contribution in [3.63, 3.8) is 0 Å². The van der Waals surface area contributed by atoms with Gasteiger partial charge in [0, 0.05) is 26.1 Å². The van der Waals surface area contributed by atoms with Crippen LogP contribution >= 0.6 is 27.3 Å². The van der Waals surface area contributed by atoms with Gasteiger partial charge in [-0.05, 0) is 41.9 Å². The molecule has 0 aliphatic heterocycles. The number of aromatic nitrogens is 2. The molecule has 0 aliphatic carbocycles. The summed E-state index contributed by atoms with van der Waals surface area (Å²) < 4.78 is 2.74. The number of aryl methyl sites for hydroxylation is 2. The zero-order chi connectivity index (χ0) is 11.7. The van der Waals surface area contributed by atoms with Crippen LogP contribution in [-0.4, -0.2) is 9.55 Å². The number of nitrogens with zero attached hydrogens (tertiary/aromatic N) is 2. The van der Waals surface area contributed by atoms with Crippen molar-refractivity contribution in [2.24, 2.45) is 0 Å². The van der Waals surface area contributed by atoms with Crippen LogP contribution in [0.1, 0.15) is 16.3 Å². The quantitative estimate of drug-likeness (QED) is 0.854. The molecule has 5 heteroatoms. The maximum absolute atomic E-state index is 11.7. The molecule has 2 aromatic rings. The predicted molar refractivity (Wildman–Crippen MR) is 69.1 cm³/mol. The van der Waals surface area contributed by atoms with Crippen LogP contribution in [-0.2, 0) is 6.54 Å². The van der Waals surface area contributed by atoms with Crippen LogP contribution in [0, 0.1) is 13.8 Å². The van der Waals surface area contributed by atoms with Crippen LogP contribution in [0.5, 0.6) is 0 Å². The first-order chi connectivity index (χ1) is 7.56. The highest BCUT2D eigenvalue weighted by Gasteiger charge is 2.05. The highest BCUT2D eigenvalue weighted by Crippen LogP contribution is 2.20. The lowest BCUT2D eigenvalue weighted by molar-refractivity contribution is 0.701. The minimum atomic E-state index is -0.179. The van der Waals surface area contributed by atoms with Crippen LogP contribution < -0.4 is 5.69 Å². The molecule has 0 saturated heterocycles. The fraction of sp³-hybridized carbons (Fsp3) is 0.273. The van der Waals surface area contributed by atoms with E-state index in [2.05, 4.69) is 20.9 Å². The normalized spacial score (nSPS) is 10.7. The maximum atomic E-state index is 11.7. The molecule has 0 unspecified atom stereocenters. The molecule has 2 aromatic heterocycles. The molecule has 0 amide bonds. The second-order valence-corrected chi connectivity index (χ2v) is 5.55. The minimum absolute atomic E-state index is 0.179. The van der Waals surface area contributed by atoms with Gasteiger partial charge >= 0.3 is 5.69 Å². The Morgan fingerprint density at radius 1 is 1.44 bits per heavy atom. The molecule has 0 fully saturated rings. The van der Waals surface area contributed by atoms with E-state index < -0.39 is 0 Å². The first kappa shape index (κ1) is 11.5. The van der Waals surface area contributed by atoms with Crippen molar-refractivity contribution < 1.29 is 0 Å². The Labute approximate surface area is 106 Å². The van der Waals surface area contributed by atoms with Crippen molar-refractivity contribution in [3.05, 3.63) is 48.7 Å². The van der Waals surface area contributed by atoms with Crippen molar-refractivity contribution in [1.82, 2.24) is 9.55 Å². The molecule has 0 N–H and O–H groups in total. The van der Waals surface area contributed by atoms with Crippen molar-refractivity contribution >= 4 is 27.3 Å². The van der Waals surface area contributed by atoms with Gasteiger partial charge in [-0.3, -0.25) is 4.57 Å². The predicted octanol–water partition coefficient (Wildman–Crippen LogP) is 2.73. The number of rotatable bonds is 2. The molecular formula is C11H11BrN2OS. The van der Waals surface area contributed by atoms with Gasteiger partial charge in [-0.1, -0.05) is 0 Å². The fourth-order valence-corrected chi connectivity index (χ4v) is 3.00. The van der Waals surface area contributed by atoms with Crippen molar-refractivity contribution in [2.45, 2.75) is 20.4 Å². The van der Waals surface area contributed by atoms with E-state index in [0.29, 0.717) is 6.54 Å². The molecule has 0 atom stereocenters. The number of hydrogen-bond donors (Lipinski definition) is 0. The lowest BCUT2D eigenvalue weighted by atomic mass is 10.3. The molecule has 0 saturated carbocycles. The number of halogens is 1. The summed E-state index contributed by atoms with van der Waals surface area (Å²) >= 11 is 5.03. The molecule has 2 heterocycles. The third-order valence-electron chi connectivity index (χ3n) is 2.28. The van der Waals surface area contributed by atoms with Gasteiger partial charge in [0.15, 0.2) is 0 Å². The SMILES string of the molecule is Cc1cc(C)n(Cc2cc(Br)cs2)c(=O)n1. The van der Waals surface area contributed by atoms with Gasteiger partial charge < -0.3 is 0 Å². The van der Waals surface area contributed by atoms with E-state index in [-0.39, 0.29) is 5.69 Å². The average molecular weight is 299 g/mol. The lowest BCUT2D eigenvalue weighted by Gasteiger charge is -2.07. The van der Waals surface area contributed by atoms with Gasteiger partial charge in [-0.2, -0.15) is 4.98 Å². The van der Waals surface area contributed by atoms with Crippen molar-refractivity contribution in [2.75, 3.05) is 0 Å².